The minimum absolute atomic E-state index is 0.0244. The van der Waals surface area contributed by atoms with Gasteiger partial charge in [0, 0.05) is 52.3 Å². The minimum Gasteiger partial charge on any atom is -0.355 e. The van der Waals surface area contributed by atoms with Gasteiger partial charge in [0.15, 0.2) is 5.82 Å². The third-order valence-corrected chi connectivity index (χ3v) is 4.88. The van der Waals surface area contributed by atoms with Gasteiger partial charge in [-0.2, -0.15) is 5.10 Å². The van der Waals surface area contributed by atoms with Crippen LogP contribution in [0.1, 0.15) is 6.92 Å². The Kier molecular flexibility index (Phi) is 4.23. The maximum Gasteiger partial charge on any atom is 0.229 e. The highest BCUT2D eigenvalue weighted by Crippen LogP contribution is 2.25. The molecule has 2 saturated heterocycles. The van der Waals surface area contributed by atoms with E-state index in [1.807, 2.05) is 11.0 Å². The van der Waals surface area contributed by atoms with Crippen molar-refractivity contribution >= 4 is 17.6 Å². The molecule has 2 fully saturated rings. The molecular formula is C16H20N8O2. The van der Waals surface area contributed by atoms with Crippen molar-refractivity contribution < 1.29 is 9.59 Å². The van der Waals surface area contributed by atoms with Crippen LogP contribution >= 0.6 is 0 Å². The Hall–Kier alpha value is -3.04. The molecular weight excluding hydrogens is 336 g/mol. The summed E-state index contributed by atoms with van der Waals surface area (Å²) in [5, 5.41) is 4.06. The van der Waals surface area contributed by atoms with E-state index in [4.69, 9.17) is 0 Å². The van der Waals surface area contributed by atoms with Crippen molar-refractivity contribution in [2.45, 2.75) is 6.92 Å². The van der Waals surface area contributed by atoms with Crippen molar-refractivity contribution in [3.05, 3.63) is 25.0 Å². The monoisotopic (exact) mass is 356 g/mol. The molecule has 4 rings (SSSR count). The lowest BCUT2D eigenvalue weighted by Crippen LogP contribution is -2.58. The molecule has 26 heavy (non-hydrogen) atoms. The van der Waals surface area contributed by atoms with E-state index in [1.54, 1.807) is 22.8 Å². The van der Waals surface area contributed by atoms with Gasteiger partial charge in [-0.15, -0.1) is 0 Å². The van der Waals surface area contributed by atoms with Gasteiger partial charge in [-0.1, -0.05) is 0 Å². The number of amides is 2. The smallest absolute Gasteiger partial charge is 0.229 e. The van der Waals surface area contributed by atoms with Crippen molar-refractivity contribution in [1.82, 2.24) is 34.5 Å². The summed E-state index contributed by atoms with van der Waals surface area (Å²) >= 11 is 0. The molecule has 0 radical (unpaired) electrons. The normalized spacial score (nSPS) is 18.0. The van der Waals surface area contributed by atoms with Crippen LogP contribution in [-0.4, -0.2) is 85.6 Å². The lowest BCUT2D eigenvalue weighted by Gasteiger charge is -2.43. The van der Waals surface area contributed by atoms with Gasteiger partial charge in [0.2, 0.25) is 11.8 Å². The molecule has 0 spiro atoms. The van der Waals surface area contributed by atoms with Crippen molar-refractivity contribution in [2.75, 3.05) is 44.2 Å². The third-order valence-electron chi connectivity index (χ3n) is 4.88. The van der Waals surface area contributed by atoms with Gasteiger partial charge in [-0.05, 0) is 0 Å². The number of carbonyl (C=O) groups excluding carboxylic acids is 2. The molecule has 2 aromatic rings. The first kappa shape index (κ1) is 16.4. The van der Waals surface area contributed by atoms with Crippen LogP contribution in [0.3, 0.4) is 0 Å². The fourth-order valence-corrected chi connectivity index (χ4v) is 3.28. The Morgan fingerprint density at radius 2 is 1.69 bits per heavy atom. The molecule has 0 bridgehead atoms. The second kappa shape index (κ2) is 6.70. The van der Waals surface area contributed by atoms with Gasteiger partial charge in [-0.3, -0.25) is 9.59 Å². The summed E-state index contributed by atoms with van der Waals surface area (Å²) in [5.41, 5.74) is 0. The number of nitrogens with zero attached hydrogens (tertiary/aromatic N) is 8. The van der Waals surface area contributed by atoms with E-state index in [9.17, 15) is 9.59 Å². The summed E-state index contributed by atoms with van der Waals surface area (Å²) in [6, 6.07) is 1.83. The zero-order valence-corrected chi connectivity index (χ0v) is 14.5. The highest BCUT2D eigenvalue weighted by Gasteiger charge is 2.37. The average Bonchev–Trinajstić information content (AvgIpc) is 3.15. The first-order valence-electron chi connectivity index (χ1n) is 8.58. The molecule has 2 aromatic heterocycles. The number of hydrogen-bond donors (Lipinski definition) is 0. The Morgan fingerprint density at radius 1 is 1.00 bits per heavy atom. The molecule has 0 atom stereocenters. The van der Waals surface area contributed by atoms with Crippen molar-refractivity contribution in [3.8, 4) is 5.82 Å². The average molecular weight is 356 g/mol. The van der Waals surface area contributed by atoms with Crippen LogP contribution in [0.15, 0.2) is 25.0 Å². The van der Waals surface area contributed by atoms with Crippen molar-refractivity contribution in [2.24, 2.45) is 5.92 Å². The van der Waals surface area contributed by atoms with E-state index < -0.39 is 0 Å². The lowest BCUT2D eigenvalue weighted by molar-refractivity contribution is -0.141. The van der Waals surface area contributed by atoms with Gasteiger partial charge in [0.05, 0.1) is 5.92 Å². The number of carbonyl (C=O) groups is 2. The van der Waals surface area contributed by atoms with Crippen molar-refractivity contribution in [1.29, 1.82) is 0 Å². The molecule has 0 aromatic carbocycles. The van der Waals surface area contributed by atoms with Crippen LogP contribution < -0.4 is 4.90 Å². The maximum absolute atomic E-state index is 12.6. The van der Waals surface area contributed by atoms with E-state index in [1.165, 1.54) is 12.7 Å². The zero-order chi connectivity index (χ0) is 18.1. The molecule has 0 N–H and O–H groups in total. The summed E-state index contributed by atoms with van der Waals surface area (Å²) in [6.07, 6.45) is 4.52. The fourth-order valence-electron chi connectivity index (χ4n) is 3.28. The predicted molar refractivity (Wildman–Crippen MR) is 91.5 cm³/mol. The van der Waals surface area contributed by atoms with Crippen LogP contribution in [0, 0.1) is 5.92 Å². The number of hydrogen-bond acceptors (Lipinski definition) is 7. The van der Waals surface area contributed by atoms with E-state index in [0.717, 1.165) is 5.82 Å². The number of rotatable bonds is 3. The summed E-state index contributed by atoms with van der Waals surface area (Å²) in [5.74, 6) is 1.62. The minimum atomic E-state index is -0.0244. The van der Waals surface area contributed by atoms with Gasteiger partial charge < -0.3 is 14.7 Å². The molecule has 10 heteroatoms. The predicted octanol–water partition coefficient (Wildman–Crippen LogP) is -0.816. The Bertz CT molecular complexity index is 794. The van der Waals surface area contributed by atoms with E-state index >= 15 is 0 Å². The molecule has 136 valence electrons. The molecule has 0 aliphatic carbocycles. The van der Waals surface area contributed by atoms with Crippen LogP contribution in [0.4, 0.5) is 5.82 Å². The van der Waals surface area contributed by atoms with E-state index in [0.29, 0.717) is 45.1 Å². The Balaban J connectivity index is 1.34. The molecule has 4 heterocycles. The Morgan fingerprint density at radius 3 is 2.35 bits per heavy atom. The second-order valence-electron chi connectivity index (χ2n) is 6.51. The fraction of sp³-hybridized carbons (Fsp3) is 0.500. The topological polar surface area (TPSA) is 100 Å². The number of aromatic nitrogens is 5. The first-order chi connectivity index (χ1) is 12.6. The molecule has 2 aliphatic rings. The zero-order valence-electron chi connectivity index (χ0n) is 14.5. The lowest BCUT2D eigenvalue weighted by atomic mass is 9.98. The molecule has 2 aliphatic heterocycles. The largest absolute Gasteiger partial charge is 0.355 e. The van der Waals surface area contributed by atoms with Crippen LogP contribution in [-0.2, 0) is 9.59 Å². The van der Waals surface area contributed by atoms with Gasteiger partial charge in [0.1, 0.15) is 24.8 Å². The van der Waals surface area contributed by atoms with Gasteiger partial charge >= 0.3 is 0 Å². The summed E-state index contributed by atoms with van der Waals surface area (Å²) in [4.78, 5) is 42.1. The second-order valence-corrected chi connectivity index (χ2v) is 6.51. The highest BCUT2D eigenvalue weighted by atomic mass is 16.2. The number of piperazine rings is 1. The third kappa shape index (κ3) is 3.09. The summed E-state index contributed by atoms with van der Waals surface area (Å²) in [7, 11) is 0. The Labute approximate surface area is 150 Å². The summed E-state index contributed by atoms with van der Waals surface area (Å²) in [6.45, 7) is 5.29. The van der Waals surface area contributed by atoms with Crippen LogP contribution in [0.5, 0.6) is 0 Å². The van der Waals surface area contributed by atoms with E-state index in [2.05, 4.69) is 25.0 Å². The first-order valence-corrected chi connectivity index (χ1v) is 8.58. The number of anilines is 1. The molecule has 0 saturated carbocycles. The molecule has 0 unspecified atom stereocenters. The molecule has 2 amide bonds. The molecule has 10 nitrogen and oxygen atoms in total. The maximum atomic E-state index is 12.6. The quantitative estimate of drug-likeness (QED) is 0.708. The van der Waals surface area contributed by atoms with E-state index in [-0.39, 0.29) is 17.7 Å². The summed E-state index contributed by atoms with van der Waals surface area (Å²) < 4.78 is 1.57. The van der Waals surface area contributed by atoms with Crippen molar-refractivity contribution in [3.63, 3.8) is 0 Å². The SMILES string of the molecule is CC(=O)N1CCN(C(=O)C2CN(c3cc(-n4cncn4)ncn3)C2)CC1. The van der Waals surface area contributed by atoms with Crippen LogP contribution in [0.25, 0.3) is 5.82 Å². The van der Waals surface area contributed by atoms with Crippen LogP contribution in [0.2, 0.25) is 0 Å². The standard InChI is InChI=1S/C16H20N8O2/c1-12(25)21-2-4-22(5-3-21)16(26)13-7-23(8-13)14-6-15(19-10-18-14)24-11-17-9-20-24/h6,9-11,13H,2-5,7-8H2,1H3. The van der Waals surface area contributed by atoms with Gasteiger partial charge in [0.25, 0.3) is 0 Å². The highest BCUT2D eigenvalue weighted by molar-refractivity contribution is 5.82. The van der Waals surface area contributed by atoms with Gasteiger partial charge in [-0.25, -0.2) is 19.6 Å².